The standard InChI is InChI=1S/C77H136O6/c1-4-7-10-13-16-19-22-25-28-31-33-34-35-36-37-38-39-40-41-42-43-44-45-47-49-52-55-58-61-64-67-70-76(79)82-73-74(72-81-75(78)69-66-63-60-57-54-51-48-30-27-24-21-18-15-12-9-6-3)83-77(80)71-68-65-62-59-56-53-50-46-32-29-26-23-20-17-14-11-8-5-2/h7,10,16,19-20,23,25,28-29,32-34,36-37,74H,4-6,8-9,11-15,17-18,21-22,24,26-27,30-31,35,38-73H2,1-3H3/b10-7-,19-16-,23-20-,28-25-,32-29-,34-33-,37-36-. The summed E-state index contributed by atoms with van der Waals surface area (Å²) in [6, 6.07) is 0. The van der Waals surface area contributed by atoms with E-state index in [1.165, 1.54) is 225 Å². The van der Waals surface area contributed by atoms with Gasteiger partial charge in [-0.25, -0.2) is 0 Å². The van der Waals surface area contributed by atoms with E-state index in [0.717, 1.165) is 103 Å². The fourth-order valence-corrected chi connectivity index (χ4v) is 10.5. The van der Waals surface area contributed by atoms with E-state index < -0.39 is 6.10 Å². The SMILES string of the molecule is CC/C=C\C/C=C\C/C=C\C/C=C\C/C=C\CCCCCCCCCCCCCCCCCC(=O)OCC(COC(=O)CCCCCCCCCCCCCCCCCC)OC(=O)CCCCCCCCC/C=C\C/C=C\CCCCCC. The van der Waals surface area contributed by atoms with E-state index in [2.05, 4.69) is 106 Å². The van der Waals surface area contributed by atoms with Gasteiger partial charge in [0, 0.05) is 19.3 Å². The Labute approximate surface area is 515 Å². The minimum absolute atomic E-state index is 0.0742. The number of esters is 3. The minimum atomic E-state index is -0.780. The van der Waals surface area contributed by atoms with E-state index in [1.54, 1.807) is 0 Å². The van der Waals surface area contributed by atoms with Gasteiger partial charge in [-0.05, 0) is 96.3 Å². The molecule has 0 heterocycles. The molecule has 0 saturated heterocycles. The smallest absolute Gasteiger partial charge is 0.306 e. The summed E-state index contributed by atoms with van der Waals surface area (Å²) < 4.78 is 17.0. The Hall–Kier alpha value is -3.41. The van der Waals surface area contributed by atoms with Crippen LogP contribution in [0.15, 0.2) is 85.1 Å². The first-order valence-electron chi connectivity index (χ1n) is 36.1. The van der Waals surface area contributed by atoms with Gasteiger partial charge >= 0.3 is 17.9 Å². The zero-order chi connectivity index (χ0) is 59.9. The van der Waals surface area contributed by atoms with Gasteiger partial charge in [-0.3, -0.25) is 14.4 Å². The van der Waals surface area contributed by atoms with E-state index in [-0.39, 0.29) is 31.1 Å². The molecule has 6 nitrogen and oxygen atoms in total. The molecule has 1 atom stereocenters. The molecule has 0 rings (SSSR count). The highest BCUT2D eigenvalue weighted by Gasteiger charge is 2.19. The molecule has 0 aromatic rings. The minimum Gasteiger partial charge on any atom is -0.462 e. The molecule has 0 N–H and O–H groups in total. The topological polar surface area (TPSA) is 78.9 Å². The summed E-state index contributed by atoms with van der Waals surface area (Å²) in [5, 5.41) is 0. The predicted molar refractivity (Wildman–Crippen MR) is 362 cm³/mol. The highest BCUT2D eigenvalue weighted by Crippen LogP contribution is 2.18. The lowest BCUT2D eigenvalue weighted by Gasteiger charge is -2.18. The van der Waals surface area contributed by atoms with E-state index in [9.17, 15) is 14.4 Å². The Morgan fingerprint density at radius 2 is 0.470 bits per heavy atom. The second-order valence-electron chi connectivity index (χ2n) is 24.1. The van der Waals surface area contributed by atoms with E-state index in [1.807, 2.05) is 0 Å². The summed E-state index contributed by atoms with van der Waals surface area (Å²) in [4.78, 5) is 38.5. The molecule has 0 bridgehead atoms. The number of hydrogen-bond acceptors (Lipinski definition) is 6. The van der Waals surface area contributed by atoms with Crippen molar-refractivity contribution < 1.29 is 28.6 Å². The quantitative estimate of drug-likeness (QED) is 0.0261. The van der Waals surface area contributed by atoms with Crippen LogP contribution in [0.1, 0.15) is 367 Å². The summed E-state index contributed by atoms with van der Waals surface area (Å²) >= 11 is 0. The third kappa shape index (κ3) is 69.3. The van der Waals surface area contributed by atoms with Gasteiger partial charge in [0.2, 0.25) is 0 Å². The van der Waals surface area contributed by atoms with Crippen molar-refractivity contribution in [3.8, 4) is 0 Å². The Kier molecular flexibility index (Phi) is 68.2. The third-order valence-electron chi connectivity index (χ3n) is 15.9. The van der Waals surface area contributed by atoms with E-state index in [0.29, 0.717) is 19.3 Å². The second kappa shape index (κ2) is 71.1. The van der Waals surface area contributed by atoms with Crippen molar-refractivity contribution >= 4 is 17.9 Å². The average molecular weight is 1160 g/mol. The fourth-order valence-electron chi connectivity index (χ4n) is 10.5. The first-order valence-corrected chi connectivity index (χ1v) is 36.1. The number of hydrogen-bond donors (Lipinski definition) is 0. The van der Waals surface area contributed by atoms with Crippen molar-refractivity contribution in [2.75, 3.05) is 13.2 Å². The van der Waals surface area contributed by atoms with Crippen LogP contribution >= 0.6 is 0 Å². The molecule has 0 saturated carbocycles. The van der Waals surface area contributed by atoms with Crippen LogP contribution in [0, 0.1) is 0 Å². The molecule has 0 aliphatic heterocycles. The first-order chi connectivity index (χ1) is 41.0. The Morgan fingerprint density at radius 3 is 0.747 bits per heavy atom. The molecule has 83 heavy (non-hydrogen) atoms. The van der Waals surface area contributed by atoms with Crippen LogP contribution in [0.2, 0.25) is 0 Å². The monoisotopic (exact) mass is 1160 g/mol. The molecule has 0 aliphatic carbocycles. The normalized spacial score (nSPS) is 12.6. The molecule has 0 aromatic carbocycles. The maximum absolute atomic E-state index is 13.0. The van der Waals surface area contributed by atoms with Crippen molar-refractivity contribution in [3.63, 3.8) is 0 Å². The molecule has 0 spiro atoms. The number of rotatable bonds is 66. The molecule has 0 aliphatic rings. The highest BCUT2D eigenvalue weighted by atomic mass is 16.6. The van der Waals surface area contributed by atoms with Crippen LogP contribution < -0.4 is 0 Å². The van der Waals surface area contributed by atoms with Gasteiger partial charge in [-0.2, -0.15) is 0 Å². The summed E-state index contributed by atoms with van der Waals surface area (Å²) in [6.45, 7) is 6.56. The maximum Gasteiger partial charge on any atom is 0.306 e. The number of carbonyl (C=O) groups is 3. The zero-order valence-electron chi connectivity index (χ0n) is 55.2. The van der Waals surface area contributed by atoms with E-state index in [4.69, 9.17) is 14.2 Å². The molecule has 480 valence electrons. The van der Waals surface area contributed by atoms with Gasteiger partial charge in [0.15, 0.2) is 6.10 Å². The van der Waals surface area contributed by atoms with Crippen molar-refractivity contribution in [2.45, 2.75) is 374 Å². The maximum atomic E-state index is 13.0. The number of ether oxygens (including phenoxy) is 3. The zero-order valence-corrected chi connectivity index (χ0v) is 55.2. The largest absolute Gasteiger partial charge is 0.462 e. The number of unbranched alkanes of at least 4 members (excludes halogenated alkanes) is 41. The van der Waals surface area contributed by atoms with Gasteiger partial charge < -0.3 is 14.2 Å². The summed E-state index contributed by atoms with van der Waals surface area (Å²) in [7, 11) is 0. The van der Waals surface area contributed by atoms with Crippen LogP contribution in [-0.2, 0) is 28.6 Å². The third-order valence-corrected chi connectivity index (χ3v) is 15.9. The lowest BCUT2D eigenvalue weighted by molar-refractivity contribution is -0.167. The molecule has 1 unspecified atom stereocenters. The van der Waals surface area contributed by atoms with Gasteiger partial charge in [-0.15, -0.1) is 0 Å². The Balaban J connectivity index is 4.25. The van der Waals surface area contributed by atoms with Crippen LogP contribution in [0.25, 0.3) is 0 Å². The molecule has 0 fully saturated rings. The van der Waals surface area contributed by atoms with Crippen LogP contribution in [0.3, 0.4) is 0 Å². The predicted octanol–water partition coefficient (Wildman–Crippen LogP) is 25.0. The molecule has 6 heteroatoms. The summed E-state index contributed by atoms with van der Waals surface area (Å²) in [6.07, 6.45) is 94.7. The van der Waals surface area contributed by atoms with Crippen LogP contribution in [0.5, 0.6) is 0 Å². The Morgan fingerprint density at radius 1 is 0.253 bits per heavy atom. The van der Waals surface area contributed by atoms with Crippen molar-refractivity contribution in [1.29, 1.82) is 0 Å². The van der Waals surface area contributed by atoms with Gasteiger partial charge in [0.25, 0.3) is 0 Å². The lowest BCUT2D eigenvalue weighted by atomic mass is 10.0. The lowest BCUT2D eigenvalue weighted by Crippen LogP contribution is -2.30. The average Bonchev–Trinajstić information content (AvgIpc) is 3.49. The van der Waals surface area contributed by atoms with Crippen LogP contribution in [-0.4, -0.2) is 37.2 Å². The van der Waals surface area contributed by atoms with Crippen LogP contribution in [0.4, 0.5) is 0 Å². The van der Waals surface area contributed by atoms with Crippen molar-refractivity contribution in [2.24, 2.45) is 0 Å². The van der Waals surface area contributed by atoms with Gasteiger partial charge in [-0.1, -0.05) is 337 Å². The van der Waals surface area contributed by atoms with Gasteiger partial charge in [0.1, 0.15) is 13.2 Å². The molecule has 0 radical (unpaired) electrons. The number of allylic oxidation sites excluding steroid dienone is 14. The first kappa shape index (κ1) is 79.6. The Bertz CT molecular complexity index is 1570. The fraction of sp³-hybridized carbons (Fsp3) is 0.779. The van der Waals surface area contributed by atoms with E-state index >= 15 is 0 Å². The highest BCUT2D eigenvalue weighted by molar-refractivity contribution is 5.71. The second-order valence-corrected chi connectivity index (χ2v) is 24.1. The van der Waals surface area contributed by atoms with Crippen molar-refractivity contribution in [3.05, 3.63) is 85.1 Å². The summed E-state index contributed by atoms with van der Waals surface area (Å²) in [5.74, 6) is -0.860. The number of carbonyl (C=O) groups excluding carboxylic acids is 3. The van der Waals surface area contributed by atoms with Crippen molar-refractivity contribution in [1.82, 2.24) is 0 Å². The van der Waals surface area contributed by atoms with Gasteiger partial charge in [0.05, 0.1) is 0 Å². The molecule has 0 amide bonds. The molecular weight excluding hydrogens is 1020 g/mol. The molecule has 0 aromatic heterocycles. The summed E-state index contributed by atoms with van der Waals surface area (Å²) in [5.41, 5.74) is 0. The molecular formula is C77H136O6.